The standard InChI is InChI=1S/C17H29N3O4/c1-17(2,3)24-16(21)20-13-6-7-14(18)15(12-13)19-8-5-9-23-11-10-22-4/h6-7,12,19H,5,8-11,18H2,1-4H3,(H,20,21). The third-order valence-corrected chi connectivity index (χ3v) is 2.91. The van der Waals surface area contributed by atoms with Crippen molar-refractivity contribution in [2.24, 2.45) is 0 Å². The molecular weight excluding hydrogens is 310 g/mol. The summed E-state index contributed by atoms with van der Waals surface area (Å²) < 4.78 is 15.5. The van der Waals surface area contributed by atoms with Gasteiger partial charge in [-0.2, -0.15) is 0 Å². The van der Waals surface area contributed by atoms with Crippen molar-refractivity contribution in [2.75, 3.05) is 49.8 Å². The Kier molecular flexibility index (Phi) is 8.35. The lowest BCUT2D eigenvalue weighted by molar-refractivity contribution is 0.0636. The number of hydrogen-bond acceptors (Lipinski definition) is 6. The maximum atomic E-state index is 11.8. The van der Waals surface area contributed by atoms with E-state index in [1.54, 1.807) is 25.3 Å². The molecule has 136 valence electrons. The second-order valence-corrected chi connectivity index (χ2v) is 6.31. The minimum Gasteiger partial charge on any atom is -0.444 e. The fraction of sp³-hybridized carbons (Fsp3) is 0.588. The zero-order valence-corrected chi connectivity index (χ0v) is 15.0. The number of benzene rings is 1. The highest BCUT2D eigenvalue weighted by atomic mass is 16.6. The van der Waals surface area contributed by atoms with E-state index in [4.69, 9.17) is 19.9 Å². The van der Waals surface area contributed by atoms with Crippen molar-refractivity contribution in [3.05, 3.63) is 18.2 Å². The Bertz CT molecular complexity index is 515. The van der Waals surface area contributed by atoms with Gasteiger partial charge in [0, 0.05) is 25.9 Å². The van der Waals surface area contributed by atoms with Crippen molar-refractivity contribution >= 4 is 23.2 Å². The number of nitrogens with one attached hydrogen (secondary N) is 2. The van der Waals surface area contributed by atoms with Gasteiger partial charge in [-0.25, -0.2) is 4.79 Å². The molecule has 7 nitrogen and oxygen atoms in total. The highest BCUT2D eigenvalue weighted by molar-refractivity contribution is 5.87. The maximum Gasteiger partial charge on any atom is 0.412 e. The van der Waals surface area contributed by atoms with Gasteiger partial charge in [-0.1, -0.05) is 0 Å². The van der Waals surface area contributed by atoms with Gasteiger partial charge < -0.3 is 25.3 Å². The minimum atomic E-state index is -0.540. The van der Waals surface area contributed by atoms with E-state index in [1.807, 2.05) is 20.8 Å². The number of carbonyl (C=O) groups excluding carboxylic acids is 1. The lowest BCUT2D eigenvalue weighted by Crippen LogP contribution is -2.27. The summed E-state index contributed by atoms with van der Waals surface area (Å²) in [7, 11) is 1.64. The molecule has 0 aliphatic heterocycles. The van der Waals surface area contributed by atoms with Crippen LogP contribution in [-0.4, -0.2) is 45.2 Å². The van der Waals surface area contributed by atoms with E-state index in [2.05, 4.69) is 10.6 Å². The van der Waals surface area contributed by atoms with Gasteiger partial charge in [0.15, 0.2) is 0 Å². The number of anilines is 3. The van der Waals surface area contributed by atoms with Crippen molar-refractivity contribution in [1.82, 2.24) is 0 Å². The number of nitrogen functional groups attached to an aromatic ring is 1. The summed E-state index contributed by atoms with van der Waals surface area (Å²) >= 11 is 0. The van der Waals surface area contributed by atoms with Crippen molar-refractivity contribution < 1.29 is 19.0 Å². The summed E-state index contributed by atoms with van der Waals surface area (Å²) in [5.74, 6) is 0. The molecule has 0 fully saturated rings. The molecule has 0 heterocycles. The minimum absolute atomic E-state index is 0.496. The number of carbonyl (C=O) groups is 1. The quantitative estimate of drug-likeness (QED) is 0.473. The first-order valence-corrected chi connectivity index (χ1v) is 8.02. The number of methoxy groups -OCH3 is 1. The third-order valence-electron chi connectivity index (χ3n) is 2.91. The molecule has 1 aromatic rings. The molecule has 0 aliphatic rings. The summed E-state index contributed by atoms with van der Waals surface area (Å²) in [4.78, 5) is 11.8. The van der Waals surface area contributed by atoms with Crippen LogP contribution in [-0.2, 0) is 14.2 Å². The first kappa shape index (κ1) is 20.1. The molecule has 0 bridgehead atoms. The monoisotopic (exact) mass is 339 g/mol. The molecule has 24 heavy (non-hydrogen) atoms. The van der Waals surface area contributed by atoms with Crippen LogP contribution >= 0.6 is 0 Å². The zero-order valence-electron chi connectivity index (χ0n) is 15.0. The van der Waals surface area contributed by atoms with Crippen molar-refractivity contribution in [3.63, 3.8) is 0 Å². The molecule has 0 radical (unpaired) electrons. The molecule has 0 saturated heterocycles. The van der Waals surface area contributed by atoms with Crippen LogP contribution < -0.4 is 16.4 Å². The van der Waals surface area contributed by atoms with Gasteiger partial charge in [0.2, 0.25) is 0 Å². The molecule has 0 atom stereocenters. The van der Waals surface area contributed by atoms with Crippen LogP contribution in [0.4, 0.5) is 21.9 Å². The summed E-state index contributed by atoms with van der Waals surface area (Å²) in [6.45, 7) is 8.00. The second kappa shape index (κ2) is 10.00. The first-order valence-electron chi connectivity index (χ1n) is 8.02. The van der Waals surface area contributed by atoms with Crippen molar-refractivity contribution in [2.45, 2.75) is 32.8 Å². The van der Waals surface area contributed by atoms with Crippen LogP contribution in [0.1, 0.15) is 27.2 Å². The Balaban J connectivity index is 2.44. The molecule has 1 aromatic carbocycles. The van der Waals surface area contributed by atoms with E-state index in [0.717, 1.165) is 12.1 Å². The molecule has 0 unspecified atom stereocenters. The predicted molar refractivity (Wildman–Crippen MR) is 96.5 cm³/mol. The summed E-state index contributed by atoms with van der Waals surface area (Å²) in [5.41, 5.74) is 7.41. The Hall–Kier alpha value is -1.99. The molecule has 1 rings (SSSR count). The molecule has 4 N–H and O–H groups in total. The molecular formula is C17H29N3O4. The molecule has 0 aromatic heterocycles. The van der Waals surface area contributed by atoms with Crippen LogP contribution in [0, 0.1) is 0 Å². The molecule has 0 aliphatic carbocycles. The van der Waals surface area contributed by atoms with Crippen LogP contribution in [0.25, 0.3) is 0 Å². The first-order chi connectivity index (χ1) is 11.3. The fourth-order valence-electron chi connectivity index (χ4n) is 1.85. The van der Waals surface area contributed by atoms with Crippen LogP contribution in [0.3, 0.4) is 0 Å². The average Bonchev–Trinajstić information content (AvgIpc) is 2.47. The Morgan fingerprint density at radius 3 is 2.62 bits per heavy atom. The topological polar surface area (TPSA) is 94.8 Å². The number of rotatable bonds is 9. The normalized spacial score (nSPS) is 11.2. The lowest BCUT2D eigenvalue weighted by Gasteiger charge is -2.20. The lowest BCUT2D eigenvalue weighted by atomic mass is 10.2. The maximum absolute atomic E-state index is 11.8. The Morgan fingerprint density at radius 1 is 1.21 bits per heavy atom. The highest BCUT2D eigenvalue weighted by Gasteiger charge is 2.16. The summed E-state index contributed by atoms with van der Waals surface area (Å²) in [6.07, 6.45) is 0.345. The fourth-order valence-corrected chi connectivity index (χ4v) is 1.85. The Morgan fingerprint density at radius 2 is 1.96 bits per heavy atom. The van der Waals surface area contributed by atoms with Crippen LogP contribution in [0.2, 0.25) is 0 Å². The number of nitrogens with two attached hydrogens (primary N) is 1. The van der Waals surface area contributed by atoms with E-state index >= 15 is 0 Å². The van der Waals surface area contributed by atoms with E-state index in [0.29, 0.717) is 37.7 Å². The predicted octanol–water partition coefficient (Wildman–Crippen LogP) is 3.08. The second-order valence-electron chi connectivity index (χ2n) is 6.31. The number of hydrogen-bond donors (Lipinski definition) is 3. The van der Waals surface area contributed by atoms with Gasteiger partial charge in [0.1, 0.15) is 5.60 Å². The van der Waals surface area contributed by atoms with Gasteiger partial charge >= 0.3 is 6.09 Å². The Labute approximate surface area is 143 Å². The van der Waals surface area contributed by atoms with Crippen LogP contribution in [0.15, 0.2) is 18.2 Å². The molecule has 0 saturated carbocycles. The van der Waals surface area contributed by atoms with Gasteiger partial charge in [-0.05, 0) is 45.4 Å². The van der Waals surface area contributed by atoms with Crippen molar-refractivity contribution in [1.29, 1.82) is 0 Å². The van der Waals surface area contributed by atoms with Gasteiger partial charge in [-0.3, -0.25) is 5.32 Å². The van der Waals surface area contributed by atoms with E-state index in [9.17, 15) is 4.79 Å². The average molecular weight is 339 g/mol. The van der Waals surface area contributed by atoms with Crippen molar-refractivity contribution in [3.8, 4) is 0 Å². The van der Waals surface area contributed by atoms with Gasteiger partial charge in [0.25, 0.3) is 0 Å². The van der Waals surface area contributed by atoms with E-state index in [-0.39, 0.29) is 0 Å². The third kappa shape index (κ3) is 8.59. The van der Waals surface area contributed by atoms with Crippen LogP contribution in [0.5, 0.6) is 0 Å². The molecule has 7 heteroatoms. The summed E-state index contributed by atoms with van der Waals surface area (Å²) in [6, 6.07) is 5.26. The summed E-state index contributed by atoms with van der Waals surface area (Å²) in [5, 5.41) is 5.93. The van der Waals surface area contributed by atoms with E-state index < -0.39 is 11.7 Å². The largest absolute Gasteiger partial charge is 0.444 e. The van der Waals surface area contributed by atoms with Gasteiger partial charge in [-0.15, -0.1) is 0 Å². The molecule has 0 spiro atoms. The molecule has 1 amide bonds. The number of amides is 1. The highest BCUT2D eigenvalue weighted by Crippen LogP contribution is 2.23. The number of ether oxygens (including phenoxy) is 3. The van der Waals surface area contributed by atoms with E-state index in [1.165, 1.54) is 0 Å². The zero-order chi connectivity index (χ0) is 18.0. The smallest absolute Gasteiger partial charge is 0.412 e. The van der Waals surface area contributed by atoms with Gasteiger partial charge in [0.05, 0.1) is 24.6 Å². The SMILES string of the molecule is COCCOCCCNc1cc(NC(=O)OC(C)(C)C)ccc1N.